The monoisotopic (exact) mass is 291 g/mol. The largest absolute Gasteiger partial charge is 0.481 e. The van der Waals surface area contributed by atoms with Crippen molar-refractivity contribution in [2.45, 2.75) is 38.7 Å². The molecule has 0 radical (unpaired) electrons. The molecule has 1 aromatic heterocycles. The molecule has 0 spiro atoms. The Balaban J connectivity index is 1.85. The predicted molar refractivity (Wildman–Crippen MR) is 77.0 cm³/mol. The summed E-state index contributed by atoms with van der Waals surface area (Å²) in [5.41, 5.74) is -0.246. The van der Waals surface area contributed by atoms with E-state index < -0.39 is 17.5 Å². The normalized spacial score (nSPS) is 29.4. The van der Waals surface area contributed by atoms with Gasteiger partial charge in [0.15, 0.2) is 5.82 Å². The first-order valence-electron chi connectivity index (χ1n) is 7.48. The summed E-state index contributed by atoms with van der Waals surface area (Å²) < 4.78 is 0. The number of aliphatic carboxylic acids is 1. The maximum atomic E-state index is 11.9. The van der Waals surface area contributed by atoms with E-state index >= 15 is 0 Å². The van der Waals surface area contributed by atoms with E-state index in [9.17, 15) is 15.0 Å². The second kappa shape index (κ2) is 5.26. The van der Waals surface area contributed by atoms with Crippen LogP contribution in [0.4, 0.5) is 5.82 Å². The van der Waals surface area contributed by atoms with Crippen LogP contribution >= 0.6 is 0 Å². The third-order valence-corrected chi connectivity index (χ3v) is 4.67. The third-order valence-electron chi connectivity index (χ3n) is 4.67. The van der Waals surface area contributed by atoms with E-state index in [1.807, 2.05) is 24.0 Å². The summed E-state index contributed by atoms with van der Waals surface area (Å²) in [6.45, 7) is 2.78. The van der Waals surface area contributed by atoms with Crippen molar-refractivity contribution in [2.75, 3.05) is 18.0 Å². The second-order valence-electron chi connectivity index (χ2n) is 6.37. The SMILES string of the molecule is Cc1ccc(N2CC[C@@H](O)[C@](CC3CC3)(C(=O)O)C2)nn1. The highest BCUT2D eigenvalue weighted by molar-refractivity contribution is 5.77. The highest BCUT2D eigenvalue weighted by Gasteiger charge is 2.51. The van der Waals surface area contributed by atoms with Gasteiger partial charge in [0.05, 0.1) is 11.8 Å². The Hall–Kier alpha value is -1.69. The molecular weight excluding hydrogens is 270 g/mol. The van der Waals surface area contributed by atoms with Crippen molar-refractivity contribution < 1.29 is 15.0 Å². The summed E-state index contributed by atoms with van der Waals surface area (Å²) in [6.07, 6.45) is 2.37. The molecular formula is C15H21N3O3. The maximum Gasteiger partial charge on any atom is 0.314 e. The molecule has 0 bridgehead atoms. The van der Waals surface area contributed by atoms with Crippen LogP contribution in [0.1, 0.15) is 31.4 Å². The summed E-state index contributed by atoms with van der Waals surface area (Å²) in [5.74, 6) is 0.236. The third kappa shape index (κ3) is 2.72. The number of aliphatic hydroxyl groups is 1. The lowest BCUT2D eigenvalue weighted by atomic mass is 9.73. The van der Waals surface area contributed by atoms with Crippen LogP contribution in [0.5, 0.6) is 0 Å². The lowest BCUT2D eigenvalue weighted by Crippen LogP contribution is -2.56. The van der Waals surface area contributed by atoms with Gasteiger partial charge in [-0.15, -0.1) is 5.10 Å². The molecule has 2 atom stereocenters. The van der Waals surface area contributed by atoms with Gasteiger partial charge < -0.3 is 15.1 Å². The van der Waals surface area contributed by atoms with Crippen LogP contribution in [0.2, 0.25) is 0 Å². The second-order valence-corrected chi connectivity index (χ2v) is 6.37. The summed E-state index contributed by atoms with van der Waals surface area (Å²) in [6, 6.07) is 3.74. The number of aliphatic hydroxyl groups excluding tert-OH is 1. The van der Waals surface area contributed by atoms with Crippen LogP contribution in [-0.2, 0) is 4.79 Å². The fraction of sp³-hybridized carbons (Fsp3) is 0.667. The molecule has 2 aliphatic rings. The number of carbonyl (C=O) groups is 1. The first-order chi connectivity index (χ1) is 10.0. The van der Waals surface area contributed by atoms with Crippen molar-refractivity contribution in [1.82, 2.24) is 10.2 Å². The van der Waals surface area contributed by atoms with E-state index in [1.165, 1.54) is 0 Å². The minimum Gasteiger partial charge on any atom is -0.481 e. The average molecular weight is 291 g/mol. The molecule has 3 rings (SSSR count). The molecule has 1 saturated carbocycles. The van der Waals surface area contributed by atoms with Crippen LogP contribution in [0.3, 0.4) is 0 Å². The number of rotatable bonds is 4. The van der Waals surface area contributed by atoms with E-state index in [0.717, 1.165) is 18.5 Å². The van der Waals surface area contributed by atoms with Gasteiger partial charge in [-0.05, 0) is 37.8 Å². The molecule has 6 heteroatoms. The number of anilines is 1. The molecule has 1 aliphatic heterocycles. The van der Waals surface area contributed by atoms with Crippen molar-refractivity contribution in [3.63, 3.8) is 0 Å². The standard InChI is InChI=1S/C15H21N3O3/c1-10-2-5-13(17-16-10)18-7-6-12(19)15(9-18,14(20)21)8-11-3-4-11/h2,5,11-12,19H,3-4,6-9H2,1H3,(H,20,21)/t12-,15-/m1/s1. The summed E-state index contributed by atoms with van der Waals surface area (Å²) >= 11 is 0. The summed E-state index contributed by atoms with van der Waals surface area (Å²) in [7, 11) is 0. The Morgan fingerprint density at radius 1 is 1.38 bits per heavy atom. The van der Waals surface area contributed by atoms with E-state index in [-0.39, 0.29) is 0 Å². The van der Waals surface area contributed by atoms with Crippen LogP contribution < -0.4 is 4.90 Å². The zero-order chi connectivity index (χ0) is 15.0. The number of hydrogen-bond donors (Lipinski definition) is 2. The molecule has 21 heavy (non-hydrogen) atoms. The van der Waals surface area contributed by atoms with Gasteiger partial charge in [0, 0.05) is 13.1 Å². The smallest absolute Gasteiger partial charge is 0.314 e. The Morgan fingerprint density at radius 2 is 2.14 bits per heavy atom. The molecule has 0 amide bonds. The van der Waals surface area contributed by atoms with Gasteiger partial charge in [-0.2, -0.15) is 5.10 Å². The number of piperidine rings is 1. The van der Waals surface area contributed by atoms with E-state index in [1.54, 1.807) is 0 Å². The predicted octanol–water partition coefficient (Wildman–Crippen LogP) is 1.23. The van der Waals surface area contributed by atoms with Crippen LogP contribution in [0.25, 0.3) is 0 Å². The number of carboxylic acid groups (broad SMARTS) is 1. The number of carboxylic acids is 1. The van der Waals surface area contributed by atoms with Gasteiger partial charge >= 0.3 is 5.97 Å². The Morgan fingerprint density at radius 3 is 2.71 bits per heavy atom. The molecule has 2 heterocycles. The Bertz CT molecular complexity index is 529. The van der Waals surface area contributed by atoms with Crippen LogP contribution in [0.15, 0.2) is 12.1 Å². The van der Waals surface area contributed by atoms with Crippen molar-refractivity contribution in [1.29, 1.82) is 0 Å². The minimum absolute atomic E-state index is 0.303. The highest BCUT2D eigenvalue weighted by Crippen LogP contribution is 2.45. The van der Waals surface area contributed by atoms with E-state index in [4.69, 9.17) is 0 Å². The first-order valence-corrected chi connectivity index (χ1v) is 7.48. The molecule has 0 aromatic carbocycles. The minimum atomic E-state index is -1.08. The van der Waals surface area contributed by atoms with Gasteiger partial charge in [0.2, 0.25) is 0 Å². The Kier molecular flexibility index (Phi) is 3.57. The van der Waals surface area contributed by atoms with Crippen LogP contribution in [0, 0.1) is 18.3 Å². The van der Waals surface area contributed by atoms with E-state index in [2.05, 4.69) is 10.2 Å². The van der Waals surface area contributed by atoms with Gasteiger partial charge in [-0.3, -0.25) is 4.79 Å². The van der Waals surface area contributed by atoms with Crippen molar-refractivity contribution in [3.8, 4) is 0 Å². The maximum absolute atomic E-state index is 11.9. The molecule has 0 unspecified atom stereocenters. The van der Waals surface area contributed by atoms with Crippen molar-refractivity contribution in [3.05, 3.63) is 17.8 Å². The zero-order valence-corrected chi connectivity index (χ0v) is 12.2. The molecule has 2 fully saturated rings. The average Bonchev–Trinajstić information content (AvgIpc) is 3.26. The number of aromatic nitrogens is 2. The molecule has 114 valence electrons. The fourth-order valence-electron chi connectivity index (χ4n) is 3.17. The van der Waals surface area contributed by atoms with Gasteiger partial charge in [-0.1, -0.05) is 12.8 Å². The van der Waals surface area contributed by atoms with Crippen LogP contribution in [-0.4, -0.2) is 45.6 Å². The van der Waals surface area contributed by atoms with E-state index in [0.29, 0.717) is 37.7 Å². The highest BCUT2D eigenvalue weighted by atomic mass is 16.4. The molecule has 1 aliphatic carbocycles. The summed E-state index contributed by atoms with van der Waals surface area (Å²) in [4.78, 5) is 13.8. The molecule has 1 saturated heterocycles. The van der Waals surface area contributed by atoms with Crippen molar-refractivity contribution in [2.24, 2.45) is 11.3 Å². The zero-order valence-electron chi connectivity index (χ0n) is 12.2. The van der Waals surface area contributed by atoms with Crippen molar-refractivity contribution >= 4 is 11.8 Å². The van der Waals surface area contributed by atoms with Gasteiger partial charge in [-0.25, -0.2) is 0 Å². The number of nitrogens with zero attached hydrogens (tertiary/aromatic N) is 3. The lowest BCUT2D eigenvalue weighted by Gasteiger charge is -2.43. The quantitative estimate of drug-likeness (QED) is 0.867. The molecule has 6 nitrogen and oxygen atoms in total. The number of aryl methyl sites for hydroxylation is 1. The molecule has 1 aromatic rings. The van der Waals surface area contributed by atoms with Gasteiger partial charge in [0.1, 0.15) is 5.41 Å². The molecule has 2 N–H and O–H groups in total. The Labute approximate surface area is 123 Å². The first kappa shape index (κ1) is 14.3. The summed E-state index contributed by atoms with van der Waals surface area (Å²) in [5, 5.41) is 28.2. The fourth-order valence-corrected chi connectivity index (χ4v) is 3.17. The van der Waals surface area contributed by atoms with Gasteiger partial charge in [0.25, 0.3) is 0 Å². The number of hydrogen-bond acceptors (Lipinski definition) is 5. The topological polar surface area (TPSA) is 86.5 Å². The lowest BCUT2D eigenvalue weighted by molar-refractivity contribution is -0.158.